The largest absolute Gasteiger partial charge is 0.393 e. The Balaban J connectivity index is 1.41. The van der Waals surface area contributed by atoms with Gasteiger partial charge in [0.15, 0.2) is 0 Å². The number of aryl methyl sites for hydroxylation is 1. The Hall–Kier alpha value is -1.47. The van der Waals surface area contributed by atoms with Crippen LogP contribution in [0.4, 0.5) is 4.39 Å². The predicted molar refractivity (Wildman–Crippen MR) is 99.5 cm³/mol. The van der Waals surface area contributed by atoms with E-state index in [1.165, 1.54) is 6.07 Å². The van der Waals surface area contributed by atoms with Crippen LogP contribution in [-0.4, -0.2) is 69.4 Å². The quantitative estimate of drug-likeness (QED) is 0.783. The van der Waals surface area contributed by atoms with Gasteiger partial charge in [0.2, 0.25) is 0 Å². The van der Waals surface area contributed by atoms with Crippen LogP contribution in [0.25, 0.3) is 10.9 Å². The smallest absolute Gasteiger partial charge is 0.123 e. The molecule has 2 atom stereocenters. The van der Waals surface area contributed by atoms with Gasteiger partial charge >= 0.3 is 0 Å². The standard InChI is InChI=1S/C20H28FN3O2/c1-13-16-10-14(21)2-3-17(16)22-18(13)11-23-7-6-19(20(26)12-23)24-8-4-15(25)5-9-24/h2-3,10,15,19-20,22,25-26H,4-9,11-12H2,1H3/t19-,20-/m1/s1. The predicted octanol–water partition coefficient (Wildman–Crippen LogP) is 2.01. The van der Waals surface area contributed by atoms with Crippen LogP contribution in [0.2, 0.25) is 0 Å². The number of β-amino-alcohol motifs (C(OH)–C–C–N with tert-alkyl or cyclic N) is 1. The summed E-state index contributed by atoms with van der Waals surface area (Å²) >= 11 is 0. The third-order valence-electron chi connectivity index (χ3n) is 6.10. The van der Waals surface area contributed by atoms with E-state index in [1.54, 1.807) is 12.1 Å². The first-order valence-corrected chi connectivity index (χ1v) is 9.60. The molecule has 2 saturated heterocycles. The third kappa shape index (κ3) is 3.51. The lowest BCUT2D eigenvalue weighted by molar-refractivity contribution is -0.0357. The molecule has 4 rings (SSSR count). The molecule has 2 aromatic rings. The molecule has 3 N–H and O–H groups in total. The molecule has 5 nitrogen and oxygen atoms in total. The number of aliphatic hydroxyl groups is 2. The van der Waals surface area contributed by atoms with E-state index in [9.17, 15) is 14.6 Å². The maximum atomic E-state index is 13.5. The molecule has 142 valence electrons. The maximum Gasteiger partial charge on any atom is 0.123 e. The van der Waals surface area contributed by atoms with E-state index in [1.807, 2.05) is 6.92 Å². The van der Waals surface area contributed by atoms with E-state index in [0.29, 0.717) is 6.54 Å². The van der Waals surface area contributed by atoms with Gasteiger partial charge in [-0.15, -0.1) is 0 Å². The molecule has 1 aromatic heterocycles. The van der Waals surface area contributed by atoms with Crippen LogP contribution in [0.1, 0.15) is 30.5 Å². The summed E-state index contributed by atoms with van der Waals surface area (Å²) in [6, 6.07) is 5.04. The summed E-state index contributed by atoms with van der Waals surface area (Å²) in [4.78, 5) is 8.02. The van der Waals surface area contributed by atoms with E-state index in [4.69, 9.17) is 0 Å². The van der Waals surface area contributed by atoms with Crippen molar-refractivity contribution in [2.24, 2.45) is 0 Å². The highest BCUT2D eigenvalue weighted by molar-refractivity contribution is 5.84. The highest BCUT2D eigenvalue weighted by Gasteiger charge is 2.34. The zero-order valence-electron chi connectivity index (χ0n) is 15.3. The maximum absolute atomic E-state index is 13.5. The zero-order valence-corrected chi connectivity index (χ0v) is 15.3. The average Bonchev–Trinajstić information content (AvgIpc) is 2.92. The van der Waals surface area contributed by atoms with Crippen molar-refractivity contribution in [3.63, 3.8) is 0 Å². The van der Waals surface area contributed by atoms with E-state index < -0.39 is 0 Å². The monoisotopic (exact) mass is 361 g/mol. The van der Waals surface area contributed by atoms with Gasteiger partial charge in [-0.3, -0.25) is 9.80 Å². The Morgan fingerprint density at radius 3 is 2.65 bits per heavy atom. The molecule has 0 radical (unpaired) electrons. The molecule has 0 bridgehead atoms. The first-order valence-electron chi connectivity index (χ1n) is 9.60. The Kier molecular flexibility index (Phi) is 5.01. The fraction of sp³-hybridized carbons (Fsp3) is 0.600. The second kappa shape index (κ2) is 7.27. The number of fused-ring (bicyclic) bond motifs is 1. The van der Waals surface area contributed by atoms with E-state index in [2.05, 4.69) is 14.8 Å². The number of aromatic nitrogens is 1. The topological polar surface area (TPSA) is 62.7 Å². The summed E-state index contributed by atoms with van der Waals surface area (Å²) in [7, 11) is 0. The summed E-state index contributed by atoms with van der Waals surface area (Å²) in [5.74, 6) is -0.214. The van der Waals surface area contributed by atoms with Crippen molar-refractivity contribution in [1.29, 1.82) is 0 Å². The van der Waals surface area contributed by atoms with Crippen molar-refractivity contribution in [3.8, 4) is 0 Å². The van der Waals surface area contributed by atoms with Crippen molar-refractivity contribution in [2.45, 2.75) is 51.0 Å². The molecule has 2 aliphatic rings. The van der Waals surface area contributed by atoms with Crippen LogP contribution >= 0.6 is 0 Å². The Morgan fingerprint density at radius 1 is 1.15 bits per heavy atom. The average molecular weight is 361 g/mol. The molecule has 2 fully saturated rings. The molecule has 26 heavy (non-hydrogen) atoms. The minimum atomic E-state index is -0.374. The fourth-order valence-electron chi connectivity index (χ4n) is 4.51. The van der Waals surface area contributed by atoms with Crippen molar-refractivity contribution < 1.29 is 14.6 Å². The first kappa shape index (κ1) is 17.9. The molecular weight excluding hydrogens is 333 g/mol. The van der Waals surface area contributed by atoms with E-state index in [0.717, 1.165) is 67.6 Å². The minimum Gasteiger partial charge on any atom is -0.393 e. The van der Waals surface area contributed by atoms with Gasteiger partial charge in [-0.05, 0) is 49.9 Å². The molecule has 3 heterocycles. The van der Waals surface area contributed by atoms with Crippen molar-refractivity contribution in [3.05, 3.63) is 35.3 Å². The number of halogens is 1. The number of piperidine rings is 2. The zero-order chi connectivity index (χ0) is 18.3. The Morgan fingerprint density at radius 2 is 1.92 bits per heavy atom. The van der Waals surface area contributed by atoms with E-state index in [-0.39, 0.29) is 24.1 Å². The number of rotatable bonds is 3. The van der Waals surface area contributed by atoms with Gasteiger partial charge < -0.3 is 15.2 Å². The van der Waals surface area contributed by atoms with Crippen LogP contribution < -0.4 is 0 Å². The number of aromatic amines is 1. The van der Waals surface area contributed by atoms with Crippen LogP contribution in [0, 0.1) is 12.7 Å². The van der Waals surface area contributed by atoms with Gasteiger partial charge in [0.05, 0.1) is 12.2 Å². The number of nitrogens with zero attached hydrogens (tertiary/aromatic N) is 2. The molecule has 0 amide bonds. The van der Waals surface area contributed by atoms with Crippen LogP contribution in [-0.2, 0) is 6.54 Å². The highest BCUT2D eigenvalue weighted by Crippen LogP contribution is 2.26. The van der Waals surface area contributed by atoms with Crippen molar-refractivity contribution >= 4 is 10.9 Å². The second-order valence-electron chi connectivity index (χ2n) is 7.84. The molecular formula is C20H28FN3O2. The SMILES string of the molecule is Cc1c(CN2CC[C@@H](N3CCC(O)CC3)[C@H](O)C2)[nH]c2ccc(F)cc12. The number of aliphatic hydroxyl groups excluding tert-OH is 2. The molecule has 0 saturated carbocycles. The first-order chi connectivity index (χ1) is 12.5. The number of nitrogens with one attached hydrogen (secondary N) is 1. The van der Waals surface area contributed by atoms with Gasteiger partial charge in [0.1, 0.15) is 5.82 Å². The normalized spacial score (nSPS) is 26.6. The van der Waals surface area contributed by atoms with Gasteiger partial charge in [-0.1, -0.05) is 0 Å². The Bertz CT molecular complexity index is 770. The molecule has 0 aliphatic carbocycles. The van der Waals surface area contributed by atoms with Gasteiger partial charge in [-0.25, -0.2) is 4.39 Å². The van der Waals surface area contributed by atoms with Crippen molar-refractivity contribution in [1.82, 2.24) is 14.8 Å². The number of hydrogen-bond donors (Lipinski definition) is 3. The molecule has 1 aromatic carbocycles. The summed E-state index contributed by atoms with van der Waals surface area (Å²) < 4.78 is 13.5. The van der Waals surface area contributed by atoms with Gasteiger partial charge in [0.25, 0.3) is 0 Å². The van der Waals surface area contributed by atoms with Crippen LogP contribution in [0.3, 0.4) is 0 Å². The molecule has 2 aliphatic heterocycles. The number of benzene rings is 1. The van der Waals surface area contributed by atoms with Gasteiger partial charge in [0, 0.05) is 55.4 Å². The second-order valence-corrected chi connectivity index (χ2v) is 7.84. The summed E-state index contributed by atoms with van der Waals surface area (Å²) in [6.45, 7) is 6.09. The minimum absolute atomic E-state index is 0.182. The summed E-state index contributed by atoms with van der Waals surface area (Å²) in [6.07, 6.45) is 1.99. The molecule has 0 spiro atoms. The van der Waals surface area contributed by atoms with Crippen molar-refractivity contribution in [2.75, 3.05) is 26.2 Å². The van der Waals surface area contributed by atoms with Crippen LogP contribution in [0.5, 0.6) is 0 Å². The summed E-state index contributed by atoms with van der Waals surface area (Å²) in [5, 5.41) is 21.3. The molecule has 6 heteroatoms. The summed E-state index contributed by atoms with van der Waals surface area (Å²) in [5.41, 5.74) is 3.14. The molecule has 0 unspecified atom stereocenters. The van der Waals surface area contributed by atoms with E-state index >= 15 is 0 Å². The Labute approximate surface area is 153 Å². The number of H-pyrrole nitrogens is 1. The number of hydrogen-bond acceptors (Lipinski definition) is 4. The van der Waals surface area contributed by atoms with Crippen LogP contribution in [0.15, 0.2) is 18.2 Å². The lowest BCUT2D eigenvalue weighted by atomic mass is 9.96. The highest BCUT2D eigenvalue weighted by atomic mass is 19.1. The third-order valence-corrected chi connectivity index (χ3v) is 6.10. The lowest BCUT2D eigenvalue weighted by Crippen LogP contribution is -2.55. The van der Waals surface area contributed by atoms with Gasteiger partial charge in [-0.2, -0.15) is 0 Å². The fourth-order valence-corrected chi connectivity index (χ4v) is 4.51. The number of likely N-dealkylation sites (tertiary alicyclic amines) is 2. The lowest BCUT2D eigenvalue weighted by Gasteiger charge is -2.43.